The fraction of sp³-hybridized carbons (Fsp3) is 0.667. The van der Waals surface area contributed by atoms with E-state index in [-0.39, 0.29) is 0 Å². The third kappa shape index (κ3) is 3.76. The predicted molar refractivity (Wildman–Crippen MR) is 74.3 cm³/mol. The lowest BCUT2D eigenvalue weighted by Crippen LogP contribution is -2.05. The Bertz CT molecular complexity index is 285. The second-order valence-corrected chi connectivity index (χ2v) is 6.19. The number of unbranched alkanes of at least 4 members (excludes halogenated alkanes) is 1. The molecule has 2 atom stereocenters. The number of hydrogen-bond donors (Lipinski definition) is 0. The van der Waals surface area contributed by atoms with Crippen LogP contribution in [-0.2, 0) is 0 Å². The van der Waals surface area contributed by atoms with E-state index < -0.39 is 0 Å². The molecule has 1 rings (SSSR count). The molecular formula is C12H18BrClS. The van der Waals surface area contributed by atoms with Crippen molar-refractivity contribution >= 4 is 38.9 Å². The topological polar surface area (TPSA) is 0 Å². The van der Waals surface area contributed by atoms with Gasteiger partial charge < -0.3 is 0 Å². The normalized spacial score (nSPS) is 15.2. The van der Waals surface area contributed by atoms with E-state index in [1.165, 1.54) is 30.6 Å². The van der Waals surface area contributed by atoms with Crippen LogP contribution in [0.2, 0.25) is 5.02 Å². The summed E-state index contributed by atoms with van der Waals surface area (Å²) in [4.78, 5) is 1.72. The van der Waals surface area contributed by atoms with Crippen LogP contribution in [-0.4, -0.2) is 0 Å². The van der Waals surface area contributed by atoms with Crippen molar-refractivity contribution in [2.24, 2.45) is 5.92 Å². The monoisotopic (exact) mass is 308 g/mol. The number of rotatable bonds is 6. The molecule has 1 aromatic heterocycles. The van der Waals surface area contributed by atoms with Gasteiger partial charge in [0, 0.05) is 4.88 Å². The van der Waals surface area contributed by atoms with E-state index in [2.05, 4.69) is 35.2 Å². The highest BCUT2D eigenvalue weighted by molar-refractivity contribution is 9.09. The van der Waals surface area contributed by atoms with Gasteiger partial charge in [0.2, 0.25) is 0 Å². The number of hydrogen-bond acceptors (Lipinski definition) is 1. The minimum atomic E-state index is 0.432. The molecule has 15 heavy (non-hydrogen) atoms. The SMILES string of the molecule is CCCCC(CC)C(Br)c1sccc1Cl. The Morgan fingerprint density at radius 1 is 1.47 bits per heavy atom. The summed E-state index contributed by atoms with van der Waals surface area (Å²) in [7, 11) is 0. The third-order valence-electron chi connectivity index (χ3n) is 2.76. The van der Waals surface area contributed by atoms with Gasteiger partial charge >= 0.3 is 0 Å². The van der Waals surface area contributed by atoms with Crippen molar-refractivity contribution in [3.05, 3.63) is 21.3 Å². The van der Waals surface area contributed by atoms with Gasteiger partial charge in [-0.3, -0.25) is 0 Å². The fourth-order valence-electron chi connectivity index (χ4n) is 1.74. The minimum Gasteiger partial charge on any atom is -0.146 e. The van der Waals surface area contributed by atoms with Crippen LogP contribution in [0.5, 0.6) is 0 Å². The molecule has 0 radical (unpaired) electrons. The summed E-state index contributed by atoms with van der Waals surface area (Å²) < 4.78 is 0. The van der Waals surface area contributed by atoms with E-state index >= 15 is 0 Å². The standard InChI is InChI=1S/C12H18BrClS/c1-3-5-6-9(4-2)11(13)12-10(14)7-8-15-12/h7-9,11H,3-6H2,1-2H3. The summed E-state index contributed by atoms with van der Waals surface area (Å²) in [5, 5.41) is 2.98. The van der Waals surface area contributed by atoms with Crippen molar-refractivity contribution in [1.82, 2.24) is 0 Å². The van der Waals surface area contributed by atoms with Crippen molar-refractivity contribution in [2.45, 2.75) is 44.4 Å². The lowest BCUT2D eigenvalue weighted by Gasteiger charge is -2.20. The molecule has 0 bridgehead atoms. The summed E-state index contributed by atoms with van der Waals surface area (Å²) in [6.07, 6.45) is 5.08. The molecule has 0 aliphatic heterocycles. The van der Waals surface area contributed by atoms with Crippen LogP contribution in [0, 0.1) is 5.92 Å². The second-order valence-electron chi connectivity index (χ2n) is 3.85. The highest BCUT2D eigenvalue weighted by Gasteiger charge is 2.21. The van der Waals surface area contributed by atoms with Crippen LogP contribution in [0.15, 0.2) is 11.4 Å². The van der Waals surface area contributed by atoms with E-state index in [4.69, 9.17) is 11.6 Å². The first kappa shape index (κ1) is 13.5. The van der Waals surface area contributed by atoms with Gasteiger partial charge in [-0.15, -0.1) is 11.3 Å². The smallest absolute Gasteiger partial charge is 0.0556 e. The molecule has 0 spiro atoms. The first-order chi connectivity index (χ1) is 7.20. The van der Waals surface area contributed by atoms with Crippen LogP contribution in [0.25, 0.3) is 0 Å². The average molecular weight is 310 g/mol. The van der Waals surface area contributed by atoms with Gasteiger partial charge in [-0.25, -0.2) is 0 Å². The lowest BCUT2D eigenvalue weighted by molar-refractivity contribution is 0.449. The van der Waals surface area contributed by atoms with Crippen molar-refractivity contribution in [3.63, 3.8) is 0 Å². The van der Waals surface area contributed by atoms with Crippen LogP contribution in [0.3, 0.4) is 0 Å². The lowest BCUT2D eigenvalue weighted by atomic mass is 9.95. The van der Waals surface area contributed by atoms with Gasteiger partial charge in [0.15, 0.2) is 0 Å². The van der Waals surface area contributed by atoms with Crippen molar-refractivity contribution < 1.29 is 0 Å². The highest BCUT2D eigenvalue weighted by Crippen LogP contribution is 2.42. The fourth-order valence-corrected chi connectivity index (χ4v) is 4.32. The largest absolute Gasteiger partial charge is 0.146 e. The van der Waals surface area contributed by atoms with Crippen LogP contribution in [0.4, 0.5) is 0 Å². The van der Waals surface area contributed by atoms with E-state index in [1.54, 1.807) is 11.3 Å². The predicted octanol–water partition coefficient (Wildman–Crippen LogP) is 6.05. The Hall–Kier alpha value is 0.470. The maximum atomic E-state index is 6.15. The van der Waals surface area contributed by atoms with Crippen molar-refractivity contribution in [3.8, 4) is 0 Å². The molecule has 0 amide bonds. The van der Waals surface area contributed by atoms with Gasteiger partial charge in [-0.2, -0.15) is 0 Å². The molecular weight excluding hydrogens is 292 g/mol. The highest BCUT2D eigenvalue weighted by atomic mass is 79.9. The number of alkyl halides is 1. The maximum Gasteiger partial charge on any atom is 0.0556 e. The Labute approximate surface area is 110 Å². The molecule has 0 fully saturated rings. The number of thiophene rings is 1. The van der Waals surface area contributed by atoms with Gasteiger partial charge in [-0.1, -0.05) is 60.6 Å². The first-order valence-electron chi connectivity index (χ1n) is 5.57. The molecule has 1 aromatic rings. The quantitative estimate of drug-likeness (QED) is 0.561. The Morgan fingerprint density at radius 3 is 2.67 bits per heavy atom. The molecule has 0 aliphatic rings. The van der Waals surface area contributed by atoms with Crippen molar-refractivity contribution in [1.29, 1.82) is 0 Å². The summed E-state index contributed by atoms with van der Waals surface area (Å²) in [6.45, 7) is 4.50. The van der Waals surface area contributed by atoms with Crippen LogP contribution in [0.1, 0.15) is 49.2 Å². The van der Waals surface area contributed by atoms with E-state index in [9.17, 15) is 0 Å². The van der Waals surface area contributed by atoms with E-state index in [1.807, 2.05) is 6.07 Å². The average Bonchev–Trinajstić information content (AvgIpc) is 2.65. The molecule has 0 N–H and O–H groups in total. The Balaban J connectivity index is 2.64. The molecule has 86 valence electrons. The molecule has 3 heteroatoms. The molecule has 0 nitrogen and oxygen atoms in total. The third-order valence-corrected chi connectivity index (χ3v) is 5.71. The van der Waals surface area contributed by atoms with Crippen molar-refractivity contribution in [2.75, 3.05) is 0 Å². The molecule has 0 saturated heterocycles. The maximum absolute atomic E-state index is 6.15. The molecule has 2 unspecified atom stereocenters. The first-order valence-corrected chi connectivity index (χ1v) is 7.75. The van der Waals surface area contributed by atoms with Gasteiger partial charge in [0.25, 0.3) is 0 Å². The zero-order valence-electron chi connectivity index (χ0n) is 9.30. The molecule has 0 saturated carbocycles. The minimum absolute atomic E-state index is 0.432. The van der Waals surface area contributed by atoms with Gasteiger partial charge in [-0.05, 0) is 23.8 Å². The van der Waals surface area contributed by atoms with Gasteiger partial charge in [0.05, 0.1) is 9.85 Å². The number of halogens is 2. The van der Waals surface area contributed by atoms with Crippen LogP contribution >= 0.6 is 38.9 Å². The van der Waals surface area contributed by atoms with E-state index in [0.717, 1.165) is 5.02 Å². The molecule has 0 aromatic carbocycles. The summed E-state index contributed by atoms with van der Waals surface area (Å²) in [5.74, 6) is 0.709. The van der Waals surface area contributed by atoms with Crippen LogP contribution < -0.4 is 0 Å². The van der Waals surface area contributed by atoms with Gasteiger partial charge in [0.1, 0.15) is 0 Å². The zero-order valence-corrected chi connectivity index (χ0v) is 12.5. The summed E-state index contributed by atoms with van der Waals surface area (Å²) in [6, 6.07) is 1.99. The zero-order chi connectivity index (χ0) is 11.3. The summed E-state index contributed by atoms with van der Waals surface area (Å²) >= 11 is 11.7. The molecule has 1 heterocycles. The Kier molecular flexibility index (Phi) is 6.25. The second kappa shape index (κ2) is 6.93. The van der Waals surface area contributed by atoms with E-state index in [0.29, 0.717) is 10.7 Å². The summed E-state index contributed by atoms with van der Waals surface area (Å²) in [5.41, 5.74) is 0. The Morgan fingerprint density at radius 2 is 2.20 bits per heavy atom. The molecule has 0 aliphatic carbocycles.